The number of hydrogen-bond donors (Lipinski definition) is 2. The summed E-state index contributed by atoms with van der Waals surface area (Å²) in [6.07, 6.45) is 8.03. The maximum absolute atomic E-state index is 12.3. The van der Waals surface area contributed by atoms with Crippen molar-refractivity contribution in [3.05, 3.63) is 5.82 Å². The maximum Gasteiger partial charge on any atom is 0.291 e. The number of carbonyl (C=O) groups excluding carboxylic acids is 1. The van der Waals surface area contributed by atoms with Gasteiger partial charge in [-0.05, 0) is 25.7 Å². The Morgan fingerprint density at radius 3 is 2.48 bits per heavy atom. The van der Waals surface area contributed by atoms with Crippen LogP contribution in [-0.4, -0.2) is 44.9 Å². The number of aromatic nitrogens is 3. The molecule has 0 spiro atoms. The lowest BCUT2D eigenvalue weighted by atomic mass is 9.96. The average molecular weight is 290 g/mol. The summed E-state index contributed by atoms with van der Waals surface area (Å²) in [5.41, 5.74) is 5.73. The number of nitrogens with zero attached hydrogens (tertiary/aromatic N) is 4. The molecule has 1 amide bonds. The van der Waals surface area contributed by atoms with Gasteiger partial charge < -0.3 is 16.0 Å². The first kappa shape index (κ1) is 14.0. The maximum atomic E-state index is 12.3. The summed E-state index contributed by atoms with van der Waals surface area (Å²) in [6, 6.07) is 0.371. The minimum Gasteiger partial charge on any atom is -0.368 e. The zero-order valence-corrected chi connectivity index (χ0v) is 12.2. The number of amides is 1. The first-order valence-corrected chi connectivity index (χ1v) is 7.80. The van der Waals surface area contributed by atoms with Crippen LogP contribution in [0.2, 0.25) is 0 Å². The van der Waals surface area contributed by atoms with Gasteiger partial charge in [-0.2, -0.15) is 15.0 Å². The highest BCUT2D eigenvalue weighted by atomic mass is 16.2. The van der Waals surface area contributed by atoms with Gasteiger partial charge in [0, 0.05) is 19.1 Å². The van der Waals surface area contributed by atoms with Gasteiger partial charge in [-0.25, -0.2) is 0 Å². The molecule has 1 aliphatic heterocycles. The second kappa shape index (κ2) is 6.24. The Bertz CT molecular complexity index is 508. The summed E-state index contributed by atoms with van der Waals surface area (Å²) >= 11 is 0. The fraction of sp³-hybridized carbons (Fsp3) is 0.714. The fourth-order valence-corrected chi connectivity index (χ4v) is 3.04. The summed E-state index contributed by atoms with van der Waals surface area (Å²) in [5.74, 6) is 0.541. The number of nitrogen functional groups attached to an aromatic ring is 1. The number of rotatable bonds is 3. The van der Waals surface area contributed by atoms with E-state index in [1.54, 1.807) is 4.90 Å². The SMILES string of the molecule is Nc1nc(NC2CCCCC2)nc(C(=O)N2CCCC2)n1. The van der Waals surface area contributed by atoms with E-state index in [9.17, 15) is 4.79 Å². The minimum atomic E-state index is -0.145. The third-order valence-electron chi connectivity index (χ3n) is 4.18. The van der Waals surface area contributed by atoms with E-state index < -0.39 is 0 Å². The van der Waals surface area contributed by atoms with Gasteiger partial charge in [-0.15, -0.1) is 0 Å². The van der Waals surface area contributed by atoms with Crippen molar-refractivity contribution in [3.8, 4) is 0 Å². The van der Waals surface area contributed by atoms with Crippen LogP contribution < -0.4 is 11.1 Å². The van der Waals surface area contributed by atoms with Crippen molar-refractivity contribution in [2.75, 3.05) is 24.1 Å². The van der Waals surface area contributed by atoms with Crippen molar-refractivity contribution in [2.45, 2.75) is 51.0 Å². The lowest BCUT2D eigenvalue weighted by Gasteiger charge is -2.23. The minimum absolute atomic E-state index is 0.103. The van der Waals surface area contributed by atoms with Crippen molar-refractivity contribution in [1.29, 1.82) is 0 Å². The molecule has 0 bridgehead atoms. The normalized spacial score (nSPS) is 19.7. The van der Waals surface area contributed by atoms with Crippen LogP contribution in [0.15, 0.2) is 0 Å². The summed E-state index contributed by atoms with van der Waals surface area (Å²) in [4.78, 5) is 26.5. The monoisotopic (exact) mass is 290 g/mol. The smallest absolute Gasteiger partial charge is 0.291 e. The van der Waals surface area contributed by atoms with E-state index >= 15 is 0 Å². The molecule has 7 heteroatoms. The highest BCUT2D eigenvalue weighted by Crippen LogP contribution is 2.20. The van der Waals surface area contributed by atoms with Crippen LogP contribution in [0, 0.1) is 0 Å². The molecule has 3 rings (SSSR count). The molecule has 0 aromatic carbocycles. The van der Waals surface area contributed by atoms with Gasteiger partial charge in [0.1, 0.15) is 0 Å². The molecule has 2 fully saturated rings. The van der Waals surface area contributed by atoms with Crippen molar-refractivity contribution in [1.82, 2.24) is 19.9 Å². The third-order valence-corrected chi connectivity index (χ3v) is 4.18. The molecule has 1 aromatic rings. The van der Waals surface area contributed by atoms with Gasteiger partial charge in [-0.1, -0.05) is 19.3 Å². The van der Waals surface area contributed by atoms with Crippen LogP contribution in [0.5, 0.6) is 0 Å². The molecule has 1 saturated carbocycles. The quantitative estimate of drug-likeness (QED) is 0.874. The molecule has 3 N–H and O–H groups in total. The highest BCUT2D eigenvalue weighted by molar-refractivity contribution is 5.91. The Morgan fingerprint density at radius 1 is 1.05 bits per heavy atom. The first-order chi connectivity index (χ1) is 10.2. The topological polar surface area (TPSA) is 97.0 Å². The lowest BCUT2D eigenvalue weighted by molar-refractivity contribution is 0.0780. The molecule has 1 saturated heterocycles. The molecule has 0 atom stereocenters. The number of carbonyl (C=O) groups is 1. The zero-order valence-electron chi connectivity index (χ0n) is 12.2. The van der Waals surface area contributed by atoms with Gasteiger partial charge in [0.05, 0.1) is 0 Å². The summed E-state index contributed by atoms with van der Waals surface area (Å²) in [6.45, 7) is 1.55. The summed E-state index contributed by atoms with van der Waals surface area (Å²) < 4.78 is 0. The van der Waals surface area contributed by atoms with Gasteiger partial charge >= 0.3 is 0 Å². The van der Waals surface area contributed by atoms with E-state index in [2.05, 4.69) is 20.3 Å². The molecule has 21 heavy (non-hydrogen) atoms. The number of likely N-dealkylation sites (tertiary alicyclic amines) is 1. The third kappa shape index (κ3) is 3.40. The lowest BCUT2D eigenvalue weighted by Crippen LogP contribution is -2.30. The number of hydrogen-bond acceptors (Lipinski definition) is 6. The molecular weight excluding hydrogens is 268 g/mol. The Hall–Kier alpha value is -1.92. The molecule has 2 heterocycles. The Morgan fingerprint density at radius 2 is 1.76 bits per heavy atom. The predicted molar refractivity (Wildman–Crippen MR) is 79.9 cm³/mol. The molecule has 114 valence electrons. The van der Waals surface area contributed by atoms with Gasteiger partial charge in [-0.3, -0.25) is 4.79 Å². The molecule has 0 unspecified atom stereocenters. The van der Waals surface area contributed by atoms with Crippen LogP contribution in [0.3, 0.4) is 0 Å². The van der Waals surface area contributed by atoms with Crippen molar-refractivity contribution < 1.29 is 4.79 Å². The molecule has 2 aliphatic rings. The van der Waals surface area contributed by atoms with E-state index in [-0.39, 0.29) is 17.7 Å². The van der Waals surface area contributed by atoms with E-state index in [0.717, 1.165) is 38.8 Å². The Balaban J connectivity index is 1.73. The van der Waals surface area contributed by atoms with Crippen LogP contribution in [-0.2, 0) is 0 Å². The fourth-order valence-electron chi connectivity index (χ4n) is 3.04. The van der Waals surface area contributed by atoms with Crippen LogP contribution in [0.4, 0.5) is 11.9 Å². The van der Waals surface area contributed by atoms with Gasteiger partial charge in [0.15, 0.2) is 0 Å². The Kier molecular flexibility index (Phi) is 4.17. The van der Waals surface area contributed by atoms with Crippen molar-refractivity contribution in [2.24, 2.45) is 0 Å². The molecule has 0 radical (unpaired) electrons. The van der Waals surface area contributed by atoms with E-state index in [1.165, 1.54) is 19.3 Å². The number of nitrogens with two attached hydrogens (primary N) is 1. The Labute approximate surface area is 124 Å². The summed E-state index contributed by atoms with van der Waals surface area (Å²) in [5, 5.41) is 3.29. The van der Waals surface area contributed by atoms with Crippen molar-refractivity contribution >= 4 is 17.8 Å². The van der Waals surface area contributed by atoms with Crippen molar-refractivity contribution in [3.63, 3.8) is 0 Å². The number of nitrogens with one attached hydrogen (secondary N) is 1. The van der Waals surface area contributed by atoms with Crippen LogP contribution in [0.25, 0.3) is 0 Å². The van der Waals surface area contributed by atoms with E-state index in [4.69, 9.17) is 5.73 Å². The van der Waals surface area contributed by atoms with Gasteiger partial charge in [0.25, 0.3) is 5.91 Å². The van der Waals surface area contributed by atoms with Crippen LogP contribution >= 0.6 is 0 Å². The molecule has 1 aliphatic carbocycles. The second-order valence-electron chi connectivity index (χ2n) is 5.82. The number of anilines is 2. The average Bonchev–Trinajstić information content (AvgIpc) is 3.01. The predicted octanol–water partition coefficient (Wildman–Crippen LogP) is 1.43. The van der Waals surface area contributed by atoms with E-state index in [0.29, 0.717) is 12.0 Å². The largest absolute Gasteiger partial charge is 0.368 e. The summed E-state index contributed by atoms with van der Waals surface area (Å²) in [7, 11) is 0. The first-order valence-electron chi connectivity index (χ1n) is 7.80. The van der Waals surface area contributed by atoms with E-state index in [1.807, 2.05) is 0 Å². The molecule has 7 nitrogen and oxygen atoms in total. The zero-order chi connectivity index (χ0) is 14.7. The van der Waals surface area contributed by atoms with Gasteiger partial charge in [0.2, 0.25) is 17.7 Å². The second-order valence-corrected chi connectivity index (χ2v) is 5.82. The van der Waals surface area contributed by atoms with Crippen LogP contribution in [0.1, 0.15) is 55.6 Å². The molecule has 1 aromatic heterocycles. The standard InChI is InChI=1S/C14H22N6O/c15-13-17-11(12(21)20-8-4-5-9-20)18-14(19-13)16-10-6-2-1-3-7-10/h10H,1-9H2,(H3,15,16,17,18,19). The molecular formula is C14H22N6O. The highest BCUT2D eigenvalue weighted by Gasteiger charge is 2.23.